The zero-order valence-corrected chi connectivity index (χ0v) is 8.52. The Bertz CT molecular complexity index is 315. The fourth-order valence-electron chi connectivity index (χ4n) is 1.95. The van der Waals surface area contributed by atoms with Gasteiger partial charge >= 0.3 is 5.97 Å². The Morgan fingerprint density at radius 1 is 1.60 bits per heavy atom. The van der Waals surface area contributed by atoms with E-state index in [0.717, 1.165) is 38.2 Å². The number of imidazole rings is 1. The Morgan fingerprint density at radius 2 is 2.33 bits per heavy atom. The van der Waals surface area contributed by atoms with Crippen molar-refractivity contribution in [1.29, 1.82) is 0 Å². The van der Waals surface area contributed by atoms with E-state index in [2.05, 4.69) is 14.9 Å². The highest BCUT2D eigenvalue weighted by molar-refractivity contribution is 5.70. The number of carboxylic acid groups (broad SMARTS) is 1. The van der Waals surface area contributed by atoms with E-state index in [1.54, 1.807) is 6.33 Å². The number of hydrogen-bond acceptors (Lipinski definition) is 3. The molecule has 0 atom stereocenters. The maximum Gasteiger partial charge on any atom is 0.306 e. The molecular weight excluding hydrogens is 194 g/mol. The Labute approximate surface area is 88.1 Å². The number of carboxylic acids is 1. The highest BCUT2D eigenvalue weighted by Gasteiger charge is 2.24. The maximum atomic E-state index is 10.7. The van der Waals surface area contributed by atoms with Gasteiger partial charge in [-0.1, -0.05) is 0 Å². The minimum Gasteiger partial charge on any atom is -0.481 e. The summed E-state index contributed by atoms with van der Waals surface area (Å²) in [7, 11) is 0. The molecule has 0 unspecified atom stereocenters. The number of aromatic nitrogens is 2. The highest BCUT2D eigenvalue weighted by Crippen LogP contribution is 2.18. The second-order valence-electron chi connectivity index (χ2n) is 3.97. The summed E-state index contributed by atoms with van der Waals surface area (Å²) in [6, 6.07) is 0. The van der Waals surface area contributed by atoms with Crippen molar-refractivity contribution >= 4 is 5.97 Å². The first-order valence-electron chi connectivity index (χ1n) is 5.18. The number of carbonyl (C=O) groups is 1. The van der Waals surface area contributed by atoms with Crippen molar-refractivity contribution in [2.75, 3.05) is 13.1 Å². The van der Waals surface area contributed by atoms with Crippen molar-refractivity contribution in [1.82, 2.24) is 14.9 Å². The van der Waals surface area contributed by atoms with E-state index in [4.69, 9.17) is 5.11 Å². The second kappa shape index (κ2) is 4.44. The summed E-state index contributed by atoms with van der Waals surface area (Å²) >= 11 is 0. The number of rotatable bonds is 3. The van der Waals surface area contributed by atoms with Crippen molar-refractivity contribution in [2.45, 2.75) is 19.4 Å². The fourth-order valence-corrected chi connectivity index (χ4v) is 1.95. The van der Waals surface area contributed by atoms with Crippen LogP contribution in [-0.4, -0.2) is 39.0 Å². The molecule has 82 valence electrons. The van der Waals surface area contributed by atoms with Crippen LogP contribution in [0.1, 0.15) is 18.5 Å². The molecule has 0 aromatic carbocycles. The van der Waals surface area contributed by atoms with Crippen LogP contribution in [0.4, 0.5) is 0 Å². The van der Waals surface area contributed by atoms with Crippen LogP contribution in [0, 0.1) is 5.92 Å². The number of aromatic amines is 1. The maximum absolute atomic E-state index is 10.7. The SMILES string of the molecule is O=C(O)C1CCN(Cc2cnc[nH]2)CC1. The molecule has 1 fully saturated rings. The van der Waals surface area contributed by atoms with Gasteiger partial charge in [0.2, 0.25) is 0 Å². The molecule has 5 nitrogen and oxygen atoms in total. The molecule has 0 bridgehead atoms. The summed E-state index contributed by atoms with van der Waals surface area (Å²) in [5.41, 5.74) is 1.09. The highest BCUT2D eigenvalue weighted by atomic mass is 16.4. The number of piperidine rings is 1. The number of nitrogens with zero attached hydrogens (tertiary/aromatic N) is 2. The first-order chi connectivity index (χ1) is 7.25. The van der Waals surface area contributed by atoms with Gasteiger partial charge in [-0.15, -0.1) is 0 Å². The number of aliphatic carboxylic acids is 1. The predicted molar refractivity (Wildman–Crippen MR) is 54.2 cm³/mol. The van der Waals surface area contributed by atoms with Gasteiger partial charge in [-0.05, 0) is 25.9 Å². The average Bonchev–Trinajstić information content (AvgIpc) is 2.71. The van der Waals surface area contributed by atoms with Crippen LogP contribution in [0.25, 0.3) is 0 Å². The third-order valence-electron chi connectivity index (χ3n) is 2.89. The van der Waals surface area contributed by atoms with Gasteiger partial charge in [0.05, 0.1) is 12.2 Å². The van der Waals surface area contributed by atoms with Crippen LogP contribution in [0.5, 0.6) is 0 Å². The van der Waals surface area contributed by atoms with E-state index in [0.29, 0.717) is 0 Å². The van der Waals surface area contributed by atoms with Gasteiger partial charge in [0.25, 0.3) is 0 Å². The molecule has 2 N–H and O–H groups in total. The van der Waals surface area contributed by atoms with E-state index in [1.807, 2.05) is 6.20 Å². The molecule has 2 heterocycles. The quantitative estimate of drug-likeness (QED) is 0.769. The molecule has 0 radical (unpaired) electrons. The van der Waals surface area contributed by atoms with Crippen LogP contribution in [0.15, 0.2) is 12.5 Å². The normalized spacial score (nSPS) is 19.2. The Kier molecular flexibility index (Phi) is 3.01. The van der Waals surface area contributed by atoms with Gasteiger partial charge in [0, 0.05) is 18.4 Å². The summed E-state index contributed by atoms with van der Waals surface area (Å²) < 4.78 is 0. The summed E-state index contributed by atoms with van der Waals surface area (Å²) in [6.45, 7) is 2.55. The monoisotopic (exact) mass is 209 g/mol. The van der Waals surface area contributed by atoms with Crippen LogP contribution in [0.3, 0.4) is 0 Å². The topological polar surface area (TPSA) is 69.2 Å². The zero-order valence-electron chi connectivity index (χ0n) is 8.52. The zero-order chi connectivity index (χ0) is 10.7. The van der Waals surface area contributed by atoms with E-state index in [1.165, 1.54) is 0 Å². The van der Waals surface area contributed by atoms with Crippen LogP contribution >= 0.6 is 0 Å². The Balaban J connectivity index is 1.81. The summed E-state index contributed by atoms with van der Waals surface area (Å²) in [4.78, 5) is 20.0. The molecule has 1 aliphatic heterocycles. The summed E-state index contributed by atoms with van der Waals surface area (Å²) in [5.74, 6) is -0.806. The van der Waals surface area contributed by atoms with Crippen molar-refractivity contribution in [3.63, 3.8) is 0 Å². The van der Waals surface area contributed by atoms with Gasteiger partial charge in [-0.3, -0.25) is 9.69 Å². The van der Waals surface area contributed by atoms with Crippen molar-refractivity contribution in [3.05, 3.63) is 18.2 Å². The predicted octanol–water partition coefficient (Wildman–Crippen LogP) is 0.706. The summed E-state index contributed by atoms with van der Waals surface area (Å²) in [6.07, 6.45) is 4.98. The number of H-pyrrole nitrogens is 1. The lowest BCUT2D eigenvalue weighted by Crippen LogP contribution is -2.35. The van der Waals surface area contributed by atoms with Gasteiger partial charge < -0.3 is 10.1 Å². The van der Waals surface area contributed by atoms with E-state index in [-0.39, 0.29) is 5.92 Å². The average molecular weight is 209 g/mol. The molecule has 1 saturated heterocycles. The molecule has 0 amide bonds. The first kappa shape index (κ1) is 10.2. The van der Waals surface area contributed by atoms with E-state index >= 15 is 0 Å². The number of nitrogens with one attached hydrogen (secondary N) is 1. The van der Waals surface area contributed by atoms with Gasteiger partial charge in [0.15, 0.2) is 0 Å². The van der Waals surface area contributed by atoms with Gasteiger partial charge in [-0.2, -0.15) is 0 Å². The largest absolute Gasteiger partial charge is 0.481 e. The molecule has 5 heteroatoms. The van der Waals surface area contributed by atoms with Crippen molar-refractivity contribution in [2.24, 2.45) is 5.92 Å². The lowest BCUT2D eigenvalue weighted by Gasteiger charge is -2.29. The molecule has 0 saturated carbocycles. The van der Waals surface area contributed by atoms with Crippen LogP contribution in [-0.2, 0) is 11.3 Å². The molecule has 1 aromatic heterocycles. The minimum atomic E-state index is -0.656. The van der Waals surface area contributed by atoms with E-state index in [9.17, 15) is 4.79 Å². The molecule has 1 aliphatic rings. The molecule has 0 aliphatic carbocycles. The number of hydrogen-bond donors (Lipinski definition) is 2. The Hall–Kier alpha value is -1.36. The van der Waals surface area contributed by atoms with Crippen molar-refractivity contribution in [3.8, 4) is 0 Å². The number of likely N-dealkylation sites (tertiary alicyclic amines) is 1. The first-order valence-corrected chi connectivity index (χ1v) is 5.18. The second-order valence-corrected chi connectivity index (χ2v) is 3.97. The lowest BCUT2D eigenvalue weighted by molar-refractivity contribution is -0.143. The third-order valence-corrected chi connectivity index (χ3v) is 2.89. The minimum absolute atomic E-state index is 0.150. The molecule has 15 heavy (non-hydrogen) atoms. The van der Waals surface area contributed by atoms with Crippen LogP contribution < -0.4 is 0 Å². The Morgan fingerprint density at radius 3 is 2.87 bits per heavy atom. The van der Waals surface area contributed by atoms with Crippen molar-refractivity contribution < 1.29 is 9.90 Å². The summed E-state index contributed by atoms with van der Waals surface area (Å²) in [5, 5.41) is 8.85. The van der Waals surface area contributed by atoms with Gasteiger partial charge in [0.1, 0.15) is 0 Å². The molecule has 0 spiro atoms. The molecule has 1 aromatic rings. The van der Waals surface area contributed by atoms with Crippen LogP contribution in [0.2, 0.25) is 0 Å². The lowest BCUT2D eigenvalue weighted by atomic mass is 9.97. The van der Waals surface area contributed by atoms with E-state index < -0.39 is 5.97 Å². The molecule has 2 rings (SSSR count). The molecular formula is C10H15N3O2. The van der Waals surface area contributed by atoms with Gasteiger partial charge in [-0.25, -0.2) is 4.98 Å². The standard InChI is InChI=1S/C10H15N3O2/c14-10(15)8-1-3-13(4-2-8)6-9-5-11-7-12-9/h5,7-8H,1-4,6H2,(H,11,12)(H,14,15). The fraction of sp³-hybridized carbons (Fsp3) is 0.600. The smallest absolute Gasteiger partial charge is 0.306 e. The third kappa shape index (κ3) is 2.56.